The van der Waals surface area contributed by atoms with Crippen LogP contribution in [0.3, 0.4) is 0 Å². The summed E-state index contributed by atoms with van der Waals surface area (Å²) >= 11 is 0. The number of hydrogen-bond donors (Lipinski definition) is 2. The highest BCUT2D eigenvalue weighted by Crippen LogP contribution is 2.20. The molecular weight excluding hydrogens is 236 g/mol. The molecule has 0 spiro atoms. The highest BCUT2D eigenvalue weighted by molar-refractivity contribution is 5.19. The average Bonchev–Trinajstić information content (AvgIpc) is 2.29. The molecule has 0 aliphatic heterocycles. The fraction of sp³-hybridized carbons (Fsp3) is 0.412. The molecule has 19 heavy (non-hydrogen) atoms. The van der Waals surface area contributed by atoms with Gasteiger partial charge in [-0.15, -0.1) is 13.2 Å². The Balaban J connectivity index is 0. The van der Waals surface area contributed by atoms with Crippen LogP contribution in [0.5, 0.6) is 0 Å². The zero-order chi connectivity index (χ0) is 15.5. The minimum Gasteiger partial charge on any atom is -0.362 e. The van der Waals surface area contributed by atoms with Crippen molar-refractivity contribution in [3.63, 3.8) is 0 Å². The fourth-order valence-electron chi connectivity index (χ4n) is 0.909. The van der Waals surface area contributed by atoms with Crippen LogP contribution in [0.1, 0.15) is 46.6 Å². The van der Waals surface area contributed by atoms with Crippen molar-refractivity contribution in [3.8, 4) is 0 Å². The summed E-state index contributed by atoms with van der Waals surface area (Å²) in [6.07, 6.45) is 0.303. The summed E-state index contributed by atoms with van der Waals surface area (Å²) in [5, 5.41) is 18.7. The van der Waals surface area contributed by atoms with Crippen LogP contribution in [0.15, 0.2) is 54.6 Å². The molecule has 0 saturated heterocycles. The summed E-state index contributed by atoms with van der Waals surface area (Å²) in [6, 6.07) is 8.81. The highest BCUT2D eigenvalue weighted by Gasteiger charge is 2.21. The molecule has 1 rings (SSSR count). The van der Waals surface area contributed by atoms with Gasteiger partial charge in [0.25, 0.3) is 0 Å². The van der Waals surface area contributed by atoms with Gasteiger partial charge in [0, 0.05) is 12.0 Å². The topological polar surface area (TPSA) is 40.5 Å². The lowest BCUT2D eigenvalue weighted by Crippen LogP contribution is -2.23. The van der Waals surface area contributed by atoms with Crippen molar-refractivity contribution in [1.82, 2.24) is 0 Å². The standard InChI is InChI=1S/C9H12O2.2C4H8/c1-2-9(10,11)8-6-4-3-5-7-8;2*1-4(2)3/h3-7,10-11H,2H2,1H3;2*1H2,2-3H3. The van der Waals surface area contributed by atoms with Gasteiger partial charge in [-0.05, 0) is 27.7 Å². The van der Waals surface area contributed by atoms with Gasteiger partial charge < -0.3 is 10.2 Å². The molecule has 0 fully saturated rings. The summed E-state index contributed by atoms with van der Waals surface area (Å²) in [5.74, 6) is -1.67. The predicted octanol–water partition coefficient (Wildman–Crippen LogP) is 4.40. The molecule has 2 nitrogen and oxygen atoms in total. The molecule has 1 aromatic carbocycles. The Morgan fingerprint density at radius 3 is 1.53 bits per heavy atom. The Labute approximate surface area is 118 Å². The van der Waals surface area contributed by atoms with Crippen molar-refractivity contribution in [1.29, 1.82) is 0 Å². The lowest BCUT2D eigenvalue weighted by Gasteiger charge is -2.19. The van der Waals surface area contributed by atoms with Crippen molar-refractivity contribution >= 4 is 0 Å². The Kier molecular flexibility index (Phi) is 11.1. The van der Waals surface area contributed by atoms with Gasteiger partial charge in [-0.1, -0.05) is 48.4 Å². The number of hydrogen-bond acceptors (Lipinski definition) is 2. The molecule has 0 bridgehead atoms. The van der Waals surface area contributed by atoms with E-state index in [1.165, 1.54) is 11.1 Å². The first kappa shape index (κ1) is 19.9. The molecule has 0 heterocycles. The van der Waals surface area contributed by atoms with Gasteiger partial charge in [0.05, 0.1) is 0 Å². The van der Waals surface area contributed by atoms with Crippen LogP contribution < -0.4 is 0 Å². The number of aliphatic hydroxyl groups is 2. The molecule has 0 aliphatic rings. The first-order valence-corrected chi connectivity index (χ1v) is 6.38. The predicted molar refractivity (Wildman–Crippen MR) is 83.8 cm³/mol. The van der Waals surface area contributed by atoms with E-state index < -0.39 is 5.79 Å². The molecule has 0 unspecified atom stereocenters. The van der Waals surface area contributed by atoms with Gasteiger partial charge in [-0.2, -0.15) is 0 Å². The summed E-state index contributed by atoms with van der Waals surface area (Å²) in [7, 11) is 0. The molecular formula is C17H28O2. The molecule has 2 N–H and O–H groups in total. The van der Waals surface area contributed by atoms with Crippen molar-refractivity contribution < 1.29 is 10.2 Å². The van der Waals surface area contributed by atoms with E-state index in [1.807, 2.05) is 33.8 Å². The molecule has 0 aliphatic carbocycles. The van der Waals surface area contributed by atoms with Gasteiger partial charge in [-0.3, -0.25) is 0 Å². The molecule has 0 radical (unpaired) electrons. The third-order valence-corrected chi connectivity index (χ3v) is 1.73. The maximum atomic E-state index is 9.35. The van der Waals surface area contributed by atoms with Gasteiger partial charge >= 0.3 is 0 Å². The zero-order valence-corrected chi connectivity index (χ0v) is 12.9. The van der Waals surface area contributed by atoms with Crippen LogP contribution in [0.2, 0.25) is 0 Å². The van der Waals surface area contributed by atoms with Crippen LogP contribution in [-0.2, 0) is 5.79 Å². The second-order valence-corrected chi connectivity index (χ2v) is 4.95. The molecule has 0 amide bonds. The van der Waals surface area contributed by atoms with Gasteiger partial charge in [0.1, 0.15) is 0 Å². The van der Waals surface area contributed by atoms with Crippen molar-refractivity contribution in [2.45, 2.75) is 46.8 Å². The van der Waals surface area contributed by atoms with Crippen molar-refractivity contribution in [3.05, 3.63) is 60.2 Å². The minimum absolute atomic E-state index is 0.303. The van der Waals surface area contributed by atoms with E-state index >= 15 is 0 Å². The molecule has 2 heteroatoms. The summed E-state index contributed by atoms with van der Waals surface area (Å²) in [5.41, 5.74) is 2.88. The van der Waals surface area contributed by atoms with Crippen LogP contribution in [-0.4, -0.2) is 10.2 Å². The maximum Gasteiger partial charge on any atom is 0.189 e. The zero-order valence-electron chi connectivity index (χ0n) is 12.9. The van der Waals surface area contributed by atoms with E-state index in [2.05, 4.69) is 13.2 Å². The van der Waals surface area contributed by atoms with Gasteiger partial charge in [0.2, 0.25) is 0 Å². The van der Waals surface area contributed by atoms with Crippen molar-refractivity contribution in [2.75, 3.05) is 0 Å². The first-order valence-electron chi connectivity index (χ1n) is 6.38. The number of benzene rings is 1. The maximum absolute atomic E-state index is 9.35. The molecule has 0 aromatic heterocycles. The Bertz CT molecular complexity index is 344. The Morgan fingerprint density at radius 1 is 0.947 bits per heavy atom. The largest absolute Gasteiger partial charge is 0.362 e. The quantitative estimate of drug-likeness (QED) is 0.614. The Hall–Kier alpha value is -1.38. The smallest absolute Gasteiger partial charge is 0.189 e. The number of rotatable bonds is 2. The fourth-order valence-corrected chi connectivity index (χ4v) is 0.909. The average molecular weight is 264 g/mol. The second-order valence-electron chi connectivity index (χ2n) is 4.95. The molecule has 1 aromatic rings. The van der Waals surface area contributed by atoms with E-state index in [0.29, 0.717) is 12.0 Å². The molecule has 108 valence electrons. The van der Waals surface area contributed by atoms with Crippen LogP contribution in [0, 0.1) is 0 Å². The SMILES string of the molecule is C=C(C)C.C=C(C)C.CCC(O)(O)c1ccccc1. The lowest BCUT2D eigenvalue weighted by molar-refractivity contribution is -0.171. The summed E-state index contributed by atoms with van der Waals surface area (Å²) < 4.78 is 0. The van der Waals surface area contributed by atoms with Crippen LogP contribution in [0.4, 0.5) is 0 Å². The Morgan fingerprint density at radius 2 is 1.26 bits per heavy atom. The van der Waals surface area contributed by atoms with Crippen molar-refractivity contribution in [2.24, 2.45) is 0 Å². The van der Waals surface area contributed by atoms with Crippen LogP contribution in [0.25, 0.3) is 0 Å². The van der Waals surface area contributed by atoms with E-state index in [9.17, 15) is 10.2 Å². The first-order chi connectivity index (χ1) is 8.63. The number of allylic oxidation sites excluding steroid dienone is 2. The van der Waals surface area contributed by atoms with Crippen LogP contribution >= 0.6 is 0 Å². The van der Waals surface area contributed by atoms with E-state index in [-0.39, 0.29) is 0 Å². The molecule has 0 atom stereocenters. The monoisotopic (exact) mass is 264 g/mol. The third kappa shape index (κ3) is 14.6. The minimum atomic E-state index is -1.67. The van der Waals surface area contributed by atoms with E-state index in [4.69, 9.17) is 0 Å². The van der Waals surface area contributed by atoms with Gasteiger partial charge in [0.15, 0.2) is 5.79 Å². The van der Waals surface area contributed by atoms with E-state index in [0.717, 1.165) is 0 Å². The summed E-state index contributed by atoms with van der Waals surface area (Å²) in [4.78, 5) is 0. The van der Waals surface area contributed by atoms with E-state index in [1.54, 1.807) is 31.2 Å². The van der Waals surface area contributed by atoms with Gasteiger partial charge in [-0.25, -0.2) is 0 Å². The second kappa shape index (κ2) is 10.5. The lowest BCUT2D eigenvalue weighted by atomic mass is 10.0. The summed E-state index contributed by atoms with van der Waals surface area (Å²) in [6.45, 7) is 16.7. The highest BCUT2D eigenvalue weighted by atomic mass is 16.5. The third-order valence-electron chi connectivity index (χ3n) is 1.73. The molecule has 0 saturated carbocycles. The normalized spacial score (nSPS) is 9.42.